The van der Waals surface area contributed by atoms with Crippen molar-refractivity contribution in [3.8, 4) is 11.3 Å². The van der Waals surface area contributed by atoms with Crippen molar-refractivity contribution in [3.63, 3.8) is 0 Å². The van der Waals surface area contributed by atoms with Gasteiger partial charge in [0.2, 0.25) is 0 Å². The van der Waals surface area contributed by atoms with E-state index in [1.54, 1.807) is 10.9 Å². The SMILES string of the molecule is CC1(C)OB(c2ccc(-c3cn(Cc4ccncn4)nn3)cc2)OC1(C)C. The van der Waals surface area contributed by atoms with Crippen LogP contribution >= 0.6 is 0 Å². The molecule has 1 fully saturated rings. The number of hydrogen-bond acceptors (Lipinski definition) is 6. The number of benzene rings is 1. The first-order chi connectivity index (χ1) is 12.8. The van der Waals surface area contributed by atoms with Gasteiger partial charge in [-0.3, -0.25) is 0 Å². The highest BCUT2D eigenvalue weighted by atomic mass is 16.7. The molecule has 0 spiro atoms. The molecule has 1 saturated heterocycles. The molecule has 8 heteroatoms. The highest BCUT2D eigenvalue weighted by Gasteiger charge is 2.51. The minimum Gasteiger partial charge on any atom is -0.399 e. The first-order valence-electron chi connectivity index (χ1n) is 8.95. The van der Waals surface area contributed by atoms with Crippen LogP contribution in [-0.4, -0.2) is 43.3 Å². The first-order valence-corrected chi connectivity index (χ1v) is 8.95. The van der Waals surface area contributed by atoms with Crippen LogP contribution in [0.15, 0.2) is 49.1 Å². The zero-order valence-electron chi connectivity index (χ0n) is 16.0. The van der Waals surface area contributed by atoms with E-state index in [-0.39, 0.29) is 18.3 Å². The third-order valence-corrected chi connectivity index (χ3v) is 5.24. The molecule has 7 nitrogen and oxygen atoms in total. The summed E-state index contributed by atoms with van der Waals surface area (Å²) in [5.74, 6) is 0. The fourth-order valence-electron chi connectivity index (χ4n) is 2.88. The maximum atomic E-state index is 6.10. The Balaban J connectivity index is 1.49. The molecular formula is C19H22BN5O2. The third kappa shape index (κ3) is 3.50. The van der Waals surface area contributed by atoms with Crippen molar-refractivity contribution < 1.29 is 9.31 Å². The van der Waals surface area contributed by atoms with Crippen LogP contribution in [0.5, 0.6) is 0 Å². The Hall–Kier alpha value is -2.58. The van der Waals surface area contributed by atoms with Gasteiger partial charge in [-0.05, 0) is 39.2 Å². The Bertz CT molecular complexity index is 909. The molecule has 0 aliphatic carbocycles. The predicted octanol–water partition coefficient (Wildman–Crippen LogP) is 2.08. The summed E-state index contributed by atoms with van der Waals surface area (Å²) in [6, 6.07) is 9.92. The molecule has 0 atom stereocenters. The topological polar surface area (TPSA) is 75.0 Å². The fourth-order valence-corrected chi connectivity index (χ4v) is 2.88. The lowest BCUT2D eigenvalue weighted by molar-refractivity contribution is 0.00578. The van der Waals surface area contributed by atoms with Crippen molar-refractivity contribution in [1.29, 1.82) is 0 Å². The highest BCUT2D eigenvalue weighted by Crippen LogP contribution is 2.36. The molecule has 0 saturated carbocycles. The van der Waals surface area contributed by atoms with Crippen molar-refractivity contribution in [2.45, 2.75) is 45.4 Å². The van der Waals surface area contributed by atoms with Crippen LogP contribution in [0.25, 0.3) is 11.3 Å². The molecule has 27 heavy (non-hydrogen) atoms. The van der Waals surface area contributed by atoms with Crippen molar-refractivity contribution in [3.05, 3.63) is 54.7 Å². The van der Waals surface area contributed by atoms with Crippen LogP contribution in [0, 0.1) is 0 Å². The summed E-state index contributed by atoms with van der Waals surface area (Å²) in [5.41, 5.74) is 2.98. The van der Waals surface area contributed by atoms with E-state index >= 15 is 0 Å². The van der Waals surface area contributed by atoms with E-state index in [9.17, 15) is 0 Å². The van der Waals surface area contributed by atoms with Crippen molar-refractivity contribution in [2.24, 2.45) is 0 Å². The van der Waals surface area contributed by atoms with E-state index in [1.165, 1.54) is 6.33 Å². The molecule has 0 amide bonds. The molecule has 3 aromatic rings. The van der Waals surface area contributed by atoms with E-state index in [0.717, 1.165) is 22.4 Å². The van der Waals surface area contributed by atoms with E-state index in [2.05, 4.69) is 48.0 Å². The molecular weight excluding hydrogens is 341 g/mol. The van der Waals surface area contributed by atoms with Crippen LogP contribution in [0.3, 0.4) is 0 Å². The zero-order valence-corrected chi connectivity index (χ0v) is 16.0. The Kier molecular flexibility index (Phi) is 4.32. The summed E-state index contributed by atoms with van der Waals surface area (Å²) < 4.78 is 14.0. The standard InChI is InChI=1S/C19H22BN5O2/c1-18(2)19(3,4)27-20(26-18)15-7-5-14(6-8-15)17-12-25(24-23-17)11-16-9-10-21-13-22-16/h5-10,12-13H,11H2,1-4H3. The van der Waals surface area contributed by atoms with Gasteiger partial charge in [0.05, 0.1) is 29.6 Å². The van der Waals surface area contributed by atoms with Crippen LogP contribution in [-0.2, 0) is 15.9 Å². The van der Waals surface area contributed by atoms with E-state index in [4.69, 9.17) is 9.31 Å². The van der Waals surface area contributed by atoms with Crippen molar-refractivity contribution in [1.82, 2.24) is 25.0 Å². The second-order valence-corrected chi connectivity index (χ2v) is 7.71. The minimum atomic E-state index is -0.363. The molecule has 1 aromatic carbocycles. The lowest BCUT2D eigenvalue weighted by Crippen LogP contribution is -2.41. The molecule has 2 aromatic heterocycles. The lowest BCUT2D eigenvalue weighted by atomic mass is 9.79. The largest absolute Gasteiger partial charge is 0.494 e. The van der Waals surface area contributed by atoms with Gasteiger partial charge in [0.15, 0.2) is 0 Å². The van der Waals surface area contributed by atoms with Gasteiger partial charge in [0, 0.05) is 11.8 Å². The summed E-state index contributed by atoms with van der Waals surface area (Å²) in [4.78, 5) is 8.13. The van der Waals surface area contributed by atoms with Gasteiger partial charge in [-0.25, -0.2) is 14.6 Å². The summed E-state index contributed by atoms with van der Waals surface area (Å²) in [6.45, 7) is 8.77. The molecule has 0 radical (unpaired) electrons. The van der Waals surface area contributed by atoms with Crippen molar-refractivity contribution >= 4 is 12.6 Å². The van der Waals surface area contributed by atoms with Crippen molar-refractivity contribution in [2.75, 3.05) is 0 Å². The minimum absolute atomic E-state index is 0.347. The van der Waals surface area contributed by atoms with Gasteiger partial charge in [-0.2, -0.15) is 0 Å². The van der Waals surface area contributed by atoms with Crippen LogP contribution in [0.4, 0.5) is 0 Å². The molecule has 3 heterocycles. The smallest absolute Gasteiger partial charge is 0.399 e. The molecule has 0 unspecified atom stereocenters. The van der Waals surface area contributed by atoms with Gasteiger partial charge in [0.25, 0.3) is 0 Å². The molecule has 0 bridgehead atoms. The Morgan fingerprint density at radius 3 is 2.33 bits per heavy atom. The van der Waals surface area contributed by atoms with Crippen LogP contribution < -0.4 is 5.46 Å². The molecule has 1 aliphatic rings. The van der Waals surface area contributed by atoms with E-state index in [1.807, 2.05) is 36.5 Å². The molecule has 138 valence electrons. The second-order valence-electron chi connectivity index (χ2n) is 7.71. The Labute approximate surface area is 158 Å². The summed E-state index contributed by atoms with van der Waals surface area (Å²) in [6.07, 6.45) is 5.15. The number of hydrogen-bond donors (Lipinski definition) is 0. The quantitative estimate of drug-likeness (QED) is 0.661. The summed E-state index contributed by atoms with van der Waals surface area (Å²) in [7, 11) is -0.363. The van der Waals surface area contributed by atoms with E-state index < -0.39 is 0 Å². The van der Waals surface area contributed by atoms with E-state index in [0.29, 0.717) is 6.54 Å². The number of aromatic nitrogens is 5. The zero-order chi connectivity index (χ0) is 19.1. The highest BCUT2D eigenvalue weighted by molar-refractivity contribution is 6.62. The normalized spacial score (nSPS) is 18.0. The summed E-state index contributed by atoms with van der Waals surface area (Å²) in [5, 5.41) is 8.45. The maximum Gasteiger partial charge on any atom is 0.494 e. The fraction of sp³-hybridized carbons (Fsp3) is 0.368. The number of rotatable bonds is 4. The van der Waals surface area contributed by atoms with Gasteiger partial charge in [0.1, 0.15) is 12.0 Å². The predicted molar refractivity (Wildman–Crippen MR) is 102 cm³/mol. The number of nitrogens with zero attached hydrogens (tertiary/aromatic N) is 5. The van der Waals surface area contributed by atoms with Gasteiger partial charge in [-0.15, -0.1) is 5.10 Å². The monoisotopic (exact) mass is 363 g/mol. The maximum absolute atomic E-state index is 6.10. The molecule has 0 N–H and O–H groups in total. The van der Waals surface area contributed by atoms with Gasteiger partial charge < -0.3 is 9.31 Å². The average Bonchev–Trinajstić information content (AvgIpc) is 3.18. The second kappa shape index (κ2) is 6.54. The lowest BCUT2D eigenvalue weighted by Gasteiger charge is -2.32. The average molecular weight is 363 g/mol. The Morgan fingerprint density at radius 1 is 1.00 bits per heavy atom. The van der Waals surface area contributed by atoms with Gasteiger partial charge >= 0.3 is 7.12 Å². The Morgan fingerprint density at radius 2 is 1.70 bits per heavy atom. The summed E-state index contributed by atoms with van der Waals surface area (Å²) >= 11 is 0. The van der Waals surface area contributed by atoms with Crippen LogP contribution in [0.2, 0.25) is 0 Å². The van der Waals surface area contributed by atoms with Crippen LogP contribution in [0.1, 0.15) is 33.4 Å². The molecule has 4 rings (SSSR count). The first kappa shape index (κ1) is 17.8. The van der Waals surface area contributed by atoms with Gasteiger partial charge in [-0.1, -0.05) is 29.5 Å². The molecule has 1 aliphatic heterocycles. The third-order valence-electron chi connectivity index (χ3n) is 5.24.